The van der Waals surface area contributed by atoms with E-state index in [9.17, 15) is 18.7 Å². The minimum Gasteiger partial charge on any atom is -0.478 e. The van der Waals surface area contributed by atoms with Gasteiger partial charge < -0.3 is 5.11 Å². The number of halogens is 2. The predicted molar refractivity (Wildman–Crippen MR) is 121 cm³/mol. The third-order valence-corrected chi connectivity index (χ3v) is 5.89. The van der Waals surface area contributed by atoms with Gasteiger partial charge in [0.1, 0.15) is 11.6 Å². The van der Waals surface area contributed by atoms with Crippen LogP contribution in [0, 0.1) is 11.6 Å². The molecule has 5 nitrogen and oxygen atoms in total. The zero-order valence-corrected chi connectivity index (χ0v) is 17.9. The first-order chi connectivity index (χ1) is 15.9. The molecule has 0 amide bonds. The van der Waals surface area contributed by atoms with Gasteiger partial charge in [0.05, 0.1) is 23.5 Å². The van der Waals surface area contributed by atoms with Gasteiger partial charge in [-0.05, 0) is 54.6 Å². The third-order valence-electron chi connectivity index (χ3n) is 5.89. The van der Waals surface area contributed by atoms with E-state index in [-0.39, 0.29) is 11.4 Å². The van der Waals surface area contributed by atoms with Crippen LogP contribution in [0.3, 0.4) is 0 Å². The number of carbonyl (C=O) groups is 1. The zero-order valence-electron chi connectivity index (χ0n) is 17.9. The molecule has 1 aliphatic heterocycles. The summed E-state index contributed by atoms with van der Waals surface area (Å²) in [6.07, 6.45) is 0. The predicted octanol–water partition coefficient (Wildman–Crippen LogP) is 5.19. The molecule has 0 spiro atoms. The van der Waals surface area contributed by atoms with Crippen molar-refractivity contribution in [2.45, 2.75) is 19.6 Å². The minimum absolute atomic E-state index is 0.0896. The SMILES string of the molecule is CN1Cc2nn(Cc3ccc(F)c(-c4cccc(C(=O)O)c4)c3)c(-c3ccccc3F)c2C1. The Balaban J connectivity index is 1.57. The quantitative estimate of drug-likeness (QED) is 0.460. The molecule has 0 unspecified atom stereocenters. The Bertz CT molecular complexity index is 1380. The van der Waals surface area contributed by atoms with Crippen LogP contribution in [0.25, 0.3) is 22.4 Å². The van der Waals surface area contributed by atoms with Gasteiger partial charge in [0.2, 0.25) is 0 Å². The number of rotatable bonds is 5. The third kappa shape index (κ3) is 3.91. The van der Waals surface area contributed by atoms with Gasteiger partial charge in [-0.1, -0.05) is 30.3 Å². The van der Waals surface area contributed by atoms with Gasteiger partial charge in [-0.15, -0.1) is 0 Å². The molecule has 0 radical (unpaired) electrons. The van der Waals surface area contributed by atoms with Crippen molar-refractivity contribution in [1.29, 1.82) is 0 Å². The minimum atomic E-state index is -1.07. The summed E-state index contributed by atoms with van der Waals surface area (Å²) >= 11 is 0. The molecular weight excluding hydrogens is 424 g/mol. The summed E-state index contributed by atoms with van der Waals surface area (Å²) < 4.78 is 31.2. The van der Waals surface area contributed by atoms with Crippen LogP contribution in [0.4, 0.5) is 8.78 Å². The Kier molecular flexibility index (Phi) is 5.26. The first-order valence-corrected chi connectivity index (χ1v) is 10.5. The van der Waals surface area contributed by atoms with Crippen molar-refractivity contribution in [3.8, 4) is 22.4 Å². The van der Waals surface area contributed by atoms with Crippen molar-refractivity contribution in [1.82, 2.24) is 14.7 Å². The molecule has 4 aromatic rings. The maximum Gasteiger partial charge on any atom is 0.335 e. The van der Waals surface area contributed by atoms with E-state index in [2.05, 4.69) is 4.90 Å². The second-order valence-electron chi connectivity index (χ2n) is 8.28. The van der Waals surface area contributed by atoms with E-state index in [4.69, 9.17) is 5.10 Å². The number of carboxylic acids is 1. The van der Waals surface area contributed by atoms with E-state index in [1.165, 1.54) is 24.3 Å². The Labute approximate surface area is 189 Å². The molecule has 0 saturated heterocycles. The van der Waals surface area contributed by atoms with Crippen LogP contribution in [-0.4, -0.2) is 32.8 Å². The van der Waals surface area contributed by atoms with Crippen LogP contribution >= 0.6 is 0 Å². The average Bonchev–Trinajstić information content (AvgIpc) is 3.31. The van der Waals surface area contributed by atoms with Crippen LogP contribution < -0.4 is 0 Å². The van der Waals surface area contributed by atoms with Crippen molar-refractivity contribution in [2.75, 3.05) is 7.05 Å². The highest BCUT2D eigenvalue weighted by Crippen LogP contribution is 2.34. The number of aromatic carboxylic acids is 1. The lowest BCUT2D eigenvalue weighted by Crippen LogP contribution is -2.13. The molecule has 33 heavy (non-hydrogen) atoms. The second kappa shape index (κ2) is 8.26. The van der Waals surface area contributed by atoms with Gasteiger partial charge in [0, 0.05) is 29.8 Å². The Hall–Kier alpha value is -3.84. The molecule has 0 aliphatic carbocycles. The lowest BCUT2D eigenvalue weighted by Gasteiger charge is -2.14. The first kappa shape index (κ1) is 21.0. The van der Waals surface area contributed by atoms with E-state index in [0.29, 0.717) is 36.3 Å². The molecule has 1 aromatic heterocycles. The molecule has 0 saturated carbocycles. The maximum absolute atomic E-state index is 14.7. The van der Waals surface area contributed by atoms with Crippen molar-refractivity contribution in [3.63, 3.8) is 0 Å². The molecule has 7 heteroatoms. The summed E-state index contributed by atoms with van der Waals surface area (Å²) in [5, 5.41) is 14.0. The molecule has 2 heterocycles. The number of hydrogen-bond acceptors (Lipinski definition) is 3. The highest BCUT2D eigenvalue weighted by atomic mass is 19.1. The molecule has 0 bridgehead atoms. The highest BCUT2D eigenvalue weighted by molar-refractivity contribution is 5.89. The van der Waals surface area contributed by atoms with Crippen LogP contribution in [0.2, 0.25) is 0 Å². The molecule has 0 fully saturated rings. The zero-order chi connectivity index (χ0) is 23.1. The van der Waals surface area contributed by atoms with Crippen LogP contribution in [0.5, 0.6) is 0 Å². The molecule has 3 aromatic carbocycles. The first-order valence-electron chi connectivity index (χ1n) is 10.5. The molecule has 1 aliphatic rings. The van der Waals surface area contributed by atoms with Gasteiger partial charge in [-0.3, -0.25) is 9.58 Å². The number of aromatic nitrogens is 2. The summed E-state index contributed by atoms with van der Waals surface area (Å²) in [7, 11) is 1.99. The fourth-order valence-corrected chi connectivity index (χ4v) is 4.38. The standard InChI is InChI=1S/C26H21F2N3O2/c1-30-14-21-24(15-30)29-31(25(21)19-7-2-3-8-22(19)27)13-16-9-10-23(28)20(11-16)17-5-4-6-18(12-17)26(32)33/h2-12H,13-15H2,1H3,(H,32,33). The maximum atomic E-state index is 14.7. The van der Waals surface area contributed by atoms with Crippen molar-refractivity contribution < 1.29 is 18.7 Å². The summed E-state index contributed by atoms with van der Waals surface area (Å²) in [6.45, 7) is 1.68. The molecule has 0 atom stereocenters. The Morgan fingerprint density at radius 1 is 0.970 bits per heavy atom. The second-order valence-corrected chi connectivity index (χ2v) is 8.28. The molecular formula is C26H21F2N3O2. The van der Waals surface area contributed by atoms with Crippen LogP contribution in [0.15, 0.2) is 66.7 Å². The van der Waals surface area contributed by atoms with Crippen molar-refractivity contribution >= 4 is 5.97 Å². The average molecular weight is 445 g/mol. The van der Waals surface area contributed by atoms with Crippen LogP contribution in [0.1, 0.15) is 27.2 Å². The van der Waals surface area contributed by atoms with Crippen LogP contribution in [-0.2, 0) is 19.6 Å². The molecule has 1 N–H and O–H groups in total. The fourth-order valence-electron chi connectivity index (χ4n) is 4.38. The summed E-state index contributed by atoms with van der Waals surface area (Å²) in [4.78, 5) is 13.5. The van der Waals surface area contributed by atoms with Gasteiger partial charge in [-0.25, -0.2) is 13.6 Å². The lowest BCUT2D eigenvalue weighted by molar-refractivity contribution is 0.0697. The topological polar surface area (TPSA) is 58.4 Å². The number of nitrogens with zero attached hydrogens (tertiary/aromatic N) is 3. The number of fused-ring (bicyclic) bond motifs is 1. The van der Waals surface area contributed by atoms with Crippen molar-refractivity contribution in [3.05, 3.63) is 101 Å². The molecule has 166 valence electrons. The Morgan fingerprint density at radius 3 is 2.55 bits per heavy atom. The van der Waals surface area contributed by atoms with E-state index in [1.54, 1.807) is 47.1 Å². The normalized spacial score (nSPS) is 13.3. The monoisotopic (exact) mass is 445 g/mol. The van der Waals surface area contributed by atoms with E-state index >= 15 is 0 Å². The number of carboxylic acid groups (broad SMARTS) is 1. The molecule has 5 rings (SSSR count). The van der Waals surface area contributed by atoms with E-state index < -0.39 is 11.8 Å². The van der Waals surface area contributed by atoms with Crippen molar-refractivity contribution in [2.24, 2.45) is 0 Å². The summed E-state index contributed by atoms with van der Waals surface area (Å²) in [5.74, 6) is -1.83. The smallest absolute Gasteiger partial charge is 0.335 e. The summed E-state index contributed by atoms with van der Waals surface area (Å²) in [5.41, 5.74) is 4.78. The van der Waals surface area contributed by atoms with Gasteiger partial charge >= 0.3 is 5.97 Å². The van der Waals surface area contributed by atoms with Gasteiger partial charge in [0.25, 0.3) is 0 Å². The fraction of sp³-hybridized carbons (Fsp3) is 0.154. The largest absolute Gasteiger partial charge is 0.478 e. The van der Waals surface area contributed by atoms with Gasteiger partial charge in [0.15, 0.2) is 0 Å². The summed E-state index contributed by atoms with van der Waals surface area (Å²) in [6, 6.07) is 17.6. The van der Waals surface area contributed by atoms with E-state index in [1.807, 2.05) is 7.05 Å². The number of hydrogen-bond donors (Lipinski definition) is 1. The highest BCUT2D eigenvalue weighted by Gasteiger charge is 2.27. The Morgan fingerprint density at radius 2 is 1.76 bits per heavy atom. The lowest BCUT2D eigenvalue weighted by atomic mass is 10.00. The van der Waals surface area contributed by atoms with E-state index in [0.717, 1.165) is 22.5 Å². The van der Waals surface area contributed by atoms with Gasteiger partial charge in [-0.2, -0.15) is 5.10 Å². The number of benzene rings is 3.